The quantitative estimate of drug-likeness (QED) is 0.634. The molecule has 0 aromatic heterocycles. The third-order valence-corrected chi connectivity index (χ3v) is 2.74. The van der Waals surface area contributed by atoms with Gasteiger partial charge < -0.3 is 0 Å². The van der Waals surface area contributed by atoms with Crippen LogP contribution in [0.2, 0.25) is 0 Å². The average Bonchev–Trinajstić information content (AvgIpc) is 1.85. The summed E-state index contributed by atoms with van der Waals surface area (Å²) in [7, 11) is 3.60. The number of hydrogen-bond donors (Lipinski definition) is 0. The van der Waals surface area contributed by atoms with Crippen LogP contribution in [0, 0.1) is 5.92 Å². The van der Waals surface area contributed by atoms with Crippen LogP contribution in [0.25, 0.3) is 0 Å². The summed E-state index contributed by atoms with van der Waals surface area (Å²) >= 11 is 0. The number of halogens is 1. The lowest BCUT2D eigenvalue weighted by Gasteiger charge is -2.24. The minimum atomic E-state index is -1.61. The molecule has 1 fully saturated rings. The molecule has 0 amide bonds. The van der Waals surface area contributed by atoms with Gasteiger partial charge in [-0.2, -0.15) is 0 Å². The molecule has 4 heteroatoms. The summed E-state index contributed by atoms with van der Waals surface area (Å²) in [6, 6.07) is 0. The Morgan fingerprint density at radius 3 is 2.82 bits per heavy atom. The molecule has 1 saturated carbocycles. The molecular weight excluding hydrogens is 184 g/mol. The molecule has 0 aliphatic heterocycles. The van der Waals surface area contributed by atoms with Crippen LogP contribution in [0.1, 0.15) is 32.6 Å². The zero-order valence-corrected chi connectivity index (χ0v) is 8.16. The van der Waals surface area contributed by atoms with E-state index in [1.807, 2.05) is 0 Å². The van der Waals surface area contributed by atoms with Crippen molar-refractivity contribution in [2.45, 2.75) is 38.7 Å². The van der Waals surface area contributed by atoms with Gasteiger partial charge in [0.1, 0.15) is 0 Å². The van der Waals surface area contributed by atoms with Crippen LogP contribution in [0.3, 0.4) is 0 Å². The van der Waals surface area contributed by atoms with E-state index in [-0.39, 0.29) is 6.10 Å². The Kier molecular flexibility index (Phi) is 3.82. The fourth-order valence-corrected chi connectivity index (χ4v) is 2.27. The van der Waals surface area contributed by atoms with Crippen molar-refractivity contribution in [3.63, 3.8) is 0 Å². The van der Waals surface area contributed by atoms with Crippen LogP contribution in [0.5, 0.6) is 0 Å². The van der Waals surface area contributed by atoms with Crippen LogP contribution < -0.4 is 0 Å². The molecule has 0 heterocycles. The predicted octanol–water partition coefficient (Wildman–Crippen LogP) is 2.40. The molecule has 0 aromatic rings. The molecule has 66 valence electrons. The van der Waals surface area contributed by atoms with E-state index in [9.17, 15) is 4.21 Å². The highest BCUT2D eigenvalue weighted by atomic mass is 35.7. The molecule has 0 bridgehead atoms. The molecule has 0 N–H and O–H groups in total. The molecule has 1 aliphatic carbocycles. The second-order valence-electron chi connectivity index (χ2n) is 3.18. The summed E-state index contributed by atoms with van der Waals surface area (Å²) in [5.41, 5.74) is 0. The fourth-order valence-electron chi connectivity index (χ4n) is 1.57. The lowest BCUT2D eigenvalue weighted by molar-refractivity contribution is 0.148. The zero-order valence-electron chi connectivity index (χ0n) is 6.59. The van der Waals surface area contributed by atoms with Crippen molar-refractivity contribution in [2.24, 2.45) is 5.92 Å². The van der Waals surface area contributed by atoms with Gasteiger partial charge in [0.25, 0.3) is 10.3 Å². The van der Waals surface area contributed by atoms with Gasteiger partial charge in [-0.1, -0.05) is 19.8 Å². The van der Waals surface area contributed by atoms with E-state index in [4.69, 9.17) is 14.9 Å². The summed E-state index contributed by atoms with van der Waals surface area (Å²) in [5, 5.41) is 0. The average molecular weight is 197 g/mol. The van der Waals surface area contributed by atoms with Gasteiger partial charge in [-0.3, -0.25) is 4.18 Å². The third-order valence-electron chi connectivity index (χ3n) is 2.10. The molecule has 0 radical (unpaired) electrons. The first kappa shape index (κ1) is 9.49. The molecule has 2 nitrogen and oxygen atoms in total. The van der Waals surface area contributed by atoms with Crippen molar-refractivity contribution in [1.82, 2.24) is 0 Å². The summed E-state index contributed by atoms with van der Waals surface area (Å²) in [5.74, 6) is 0.689. The summed E-state index contributed by atoms with van der Waals surface area (Å²) in [6.07, 6.45) is 4.55. The van der Waals surface area contributed by atoms with E-state index in [0.717, 1.165) is 12.8 Å². The Balaban J connectivity index is 2.28. The van der Waals surface area contributed by atoms with Crippen molar-refractivity contribution < 1.29 is 8.39 Å². The van der Waals surface area contributed by atoms with E-state index in [2.05, 4.69) is 6.92 Å². The topological polar surface area (TPSA) is 26.3 Å². The van der Waals surface area contributed by atoms with Gasteiger partial charge in [-0.25, -0.2) is 4.21 Å². The van der Waals surface area contributed by atoms with Gasteiger partial charge in [0.2, 0.25) is 0 Å². The standard InChI is InChI=1S/C7H13ClO2S/c1-6-3-2-4-7(5-6)10-11(8)9/h6-7H,2-5H2,1H3/t6-,7-,11?/m1/s1. The molecule has 0 saturated heterocycles. The first-order valence-electron chi connectivity index (χ1n) is 3.93. The van der Waals surface area contributed by atoms with Crippen LogP contribution in [0.15, 0.2) is 0 Å². The minimum Gasteiger partial charge on any atom is -0.275 e. The molecule has 11 heavy (non-hydrogen) atoms. The van der Waals surface area contributed by atoms with Gasteiger partial charge in [0.15, 0.2) is 0 Å². The van der Waals surface area contributed by atoms with Gasteiger partial charge >= 0.3 is 0 Å². The van der Waals surface area contributed by atoms with Crippen molar-refractivity contribution in [1.29, 1.82) is 0 Å². The Hall–Kier alpha value is 0.400. The number of hydrogen-bond acceptors (Lipinski definition) is 2. The second-order valence-corrected chi connectivity index (χ2v) is 4.52. The Labute approximate surface area is 74.4 Å². The smallest absolute Gasteiger partial charge is 0.256 e. The first-order chi connectivity index (χ1) is 5.18. The maximum absolute atomic E-state index is 10.5. The van der Waals surface area contributed by atoms with E-state index < -0.39 is 10.3 Å². The monoisotopic (exact) mass is 196 g/mol. The Bertz CT molecular complexity index is 151. The molecule has 3 atom stereocenters. The van der Waals surface area contributed by atoms with Crippen LogP contribution in [-0.2, 0) is 14.5 Å². The second kappa shape index (κ2) is 4.43. The molecule has 0 aromatic carbocycles. The van der Waals surface area contributed by atoms with E-state index >= 15 is 0 Å². The highest BCUT2D eigenvalue weighted by molar-refractivity contribution is 8.04. The molecule has 1 unspecified atom stereocenters. The lowest BCUT2D eigenvalue weighted by atomic mass is 9.89. The van der Waals surface area contributed by atoms with E-state index in [1.165, 1.54) is 12.8 Å². The maximum atomic E-state index is 10.5. The molecule has 1 aliphatic rings. The predicted molar refractivity (Wildman–Crippen MR) is 46.5 cm³/mol. The summed E-state index contributed by atoms with van der Waals surface area (Å²) in [4.78, 5) is 0. The van der Waals surface area contributed by atoms with Crippen LogP contribution in [-0.4, -0.2) is 10.3 Å². The van der Waals surface area contributed by atoms with E-state index in [0.29, 0.717) is 5.92 Å². The number of rotatable bonds is 2. The van der Waals surface area contributed by atoms with Gasteiger partial charge in [0, 0.05) is 10.7 Å². The summed E-state index contributed by atoms with van der Waals surface area (Å²) in [6.45, 7) is 2.19. The minimum absolute atomic E-state index is 0.122. The normalized spacial score (nSPS) is 35.1. The molecule has 1 rings (SSSR count). The van der Waals surface area contributed by atoms with Gasteiger partial charge in [-0.05, 0) is 18.8 Å². The van der Waals surface area contributed by atoms with Crippen molar-refractivity contribution >= 4 is 21.0 Å². The van der Waals surface area contributed by atoms with Crippen molar-refractivity contribution in [3.8, 4) is 0 Å². The van der Waals surface area contributed by atoms with Gasteiger partial charge in [0.05, 0.1) is 6.10 Å². The fraction of sp³-hybridized carbons (Fsp3) is 1.00. The van der Waals surface area contributed by atoms with Crippen molar-refractivity contribution in [2.75, 3.05) is 0 Å². The third kappa shape index (κ3) is 3.54. The maximum Gasteiger partial charge on any atom is 0.256 e. The van der Waals surface area contributed by atoms with Crippen LogP contribution in [0.4, 0.5) is 0 Å². The highest BCUT2D eigenvalue weighted by Crippen LogP contribution is 2.26. The van der Waals surface area contributed by atoms with Crippen LogP contribution >= 0.6 is 10.7 Å². The first-order valence-corrected chi connectivity index (χ1v) is 5.83. The SMILES string of the molecule is C[C@@H]1CCC[C@@H](OS(=O)Cl)C1. The largest absolute Gasteiger partial charge is 0.275 e. The Morgan fingerprint density at radius 1 is 1.55 bits per heavy atom. The lowest BCUT2D eigenvalue weighted by Crippen LogP contribution is -2.21. The van der Waals surface area contributed by atoms with Gasteiger partial charge in [-0.15, -0.1) is 0 Å². The molecular formula is C7H13ClO2S. The van der Waals surface area contributed by atoms with E-state index in [1.54, 1.807) is 0 Å². The zero-order chi connectivity index (χ0) is 8.27. The summed E-state index contributed by atoms with van der Waals surface area (Å²) < 4.78 is 15.5. The van der Waals surface area contributed by atoms with Crippen molar-refractivity contribution in [3.05, 3.63) is 0 Å². The Morgan fingerprint density at radius 2 is 2.27 bits per heavy atom. The molecule has 0 spiro atoms. The highest BCUT2D eigenvalue weighted by Gasteiger charge is 2.20.